The molecular formula is C51H70ClF4N7O6. The van der Waals surface area contributed by atoms with E-state index in [2.05, 4.69) is 26.0 Å². The van der Waals surface area contributed by atoms with Crippen molar-refractivity contribution in [2.45, 2.75) is 161 Å². The minimum atomic E-state index is -1.31. The fraction of sp³-hybridized carbons (Fsp3) is 0.647. The van der Waals surface area contributed by atoms with Gasteiger partial charge in [0.15, 0.2) is 34.3 Å². The van der Waals surface area contributed by atoms with Gasteiger partial charge in [-0.05, 0) is 127 Å². The summed E-state index contributed by atoms with van der Waals surface area (Å²) in [5.74, 6) is -3.06. The molecule has 4 amide bonds. The molecule has 6 rings (SSSR count). The Bertz CT molecular complexity index is 2170. The summed E-state index contributed by atoms with van der Waals surface area (Å²) >= 11 is 5.66. The Labute approximate surface area is 410 Å². The van der Waals surface area contributed by atoms with E-state index < -0.39 is 63.6 Å². The molecule has 0 spiro atoms. The third-order valence-electron chi connectivity index (χ3n) is 12.9. The summed E-state index contributed by atoms with van der Waals surface area (Å²) in [6.07, 6.45) is 9.56. The van der Waals surface area contributed by atoms with Crippen molar-refractivity contribution >= 4 is 35.6 Å². The molecule has 2 heterocycles. The van der Waals surface area contributed by atoms with Gasteiger partial charge in [0.25, 0.3) is 0 Å². The van der Waals surface area contributed by atoms with Gasteiger partial charge in [0, 0.05) is 25.6 Å². The zero-order valence-corrected chi connectivity index (χ0v) is 42.2. The number of alkyl halides is 1. The van der Waals surface area contributed by atoms with Gasteiger partial charge in [0.1, 0.15) is 17.1 Å². The van der Waals surface area contributed by atoms with Crippen LogP contribution in [0.15, 0.2) is 36.4 Å². The lowest BCUT2D eigenvalue weighted by atomic mass is 9.80. The molecule has 0 unspecified atom stereocenters. The van der Waals surface area contributed by atoms with Crippen LogP contribution >= 0.6 is 11.6 Å². The maximum atomic E-state index is 13.8. The van der Waals surface area contributed by atoms with Crippen LogP contribution in [-0.2, 0) is 32.2 Å². The van der Waals surface area contributed by atoms with Crippen LogP contribution in [0.5, 0.6) is 0 Å². The Morgan fingerprint density at radius 3 is 1.38 bits per heavy atom. The maximum Gasteiger partial charge on any atom is 0.410 e. The second-order valence-electron chi connectivity index (χ2n) is 21.2. The van der Waals surface area contributed by atoms with Crippen molar-refractivity contribution in [1.29, 1.82) is 10.5 Å². The van der Waals surface area contributed by atoms with Gasteiger partial charge in [0.2, 0.25) is 11.8 Å². The molecule has 13 nitrogen and oxygen atoms in total. The standard InChI is InChI=1S/C26H35F2N3O3.C18H20ClF2N3O3.C7H15N/c1-18-5-7-19(8-6-18)10-12-23(32)31(14-20-9-11-21(27)22(28)13-20)26(15-29)16-30(17-26)24(33)34-25(2,3)4;1-17(2,3)27-16(26)23-10-18(9-22,11-23)24(15(25)7-19)8-12-4-5-13(20)14(21)6-12;1-6-2-4-7(8)5-3-6/h9,11,13,18-19H,5-8,10,12,14,16-17H2,1-4H3;4-6H,7-8,10-11H2,1-3H3;6-7H,2-5,8H2,1H3. The predicted octanol–water partition coefficient (Wildman–Crippen LogP) is 9.98. The smallest absolute Gasteiger partial charge is 0.410 e. The second-order valence-corrected chi connectivity index (χ2v) is 21.5. The second kappa shape index (κ2) is 24.1. The first-order valence-electron chi connectivity index (χ1n) is 23.8. The van der Waals surface area contributed by atoms with Crippen LogP contribution in [0.25, 0.3) is 0 Å². The van der Waals surface area contributed by atoms with Crippen molar-refractivity contribution in [3.8, 4) is 12.1 Å². The molecule has 2 aromatic carbocycles. The van der Waals surface area contributed by atoms with Crippen LogP contribution in [0.3, 0.4) is 0 Å². The van der Waals surface area contributed by atoms with Crippen molar-refractivity contribution in [3.63, 3.8) is 0 Å². The van der Waals surface area contributed by atoms with Gasteiger partial charge in [0.05, 0.1) is 38.3 Å². The van der Waals surface area contributed by atoms with E-state index >= 15 is 0 Å². The van der Waals surface area contributed by atoms with Gasteiger partial charge in [-0.15, -0.1) is 11.6 Å². The van der Waals surface area contributed by atoms with E-state index in [9.17, 15) is 47.3 Å². The zero-order chi connectivity index (χ0) is 51.5. The lowest BCUT2D eigenvalue weighted by Gasteiger charge is -2.51. The summed E-state index contributed by atoms with van der Waals surface area (Å²) < 4.78 is 64.5. The van der Waals surface area contributed by atoms with E-state index in [1.165, 1.54) is 57.4 Å². The Hall–Kier alpha value is -5.13. The van der Waals surface area contributed by atoms with Crippen LogP contribution in [0.4, 0.5) is 27.2 Å². The summed E-state index contributed by atoms with van der Waals surface area (Å²) in [5.41, 5.74) is 2.47. The summed E-state index contributed by atoms with van der Waals surface area (Å²) in [5, 5.41) is 19.7. The fourth-order valence-electron chi connectivity index (χ4n) is 8.72. The molecule has 2 saturated carbocycles. The van der Waals surface area contributed by atoms with Crippen LogP contribution in [0.1, 0.15) is 131 Å². The van der Waals surface area contributed by atoms with E-state index in [1.54, 1.807) is 41.5 Å². The Kier molecular flexibility index (Phi) is 19.7. The molecule has 2 aliphatic heterocycles. The van der Waals surface area contributed by atoms with E-state index in [0.717, 1.165) is 62.3 Å². The Morgan fingerprint density at radius 1 is 0.667 bits per heavy atom. The van der Waals surface area contributed by atoms with Crippen LogP contribution in [0.2, 0.25) is 0 Å². The molecule has 0 bridgehead atoms. The van der Waals surface area contributed by atoms with Crippen LogP contribution in [-0.4, -0.2) is 104 Å². The van der Waals surface area contributed by atoms with Gasteiger partial charge in [-0.25, -0.2) is 27.2 Å². The molecular weight excluding hydrogens is 918 g/mol. The zero-order valence-electron chi connectivity index (χ0n) is 41.4. The number of halogens is 5. The lowest BCUT2D eigenvalue weighted by Crippen LogP contribution is -2.71. The summed E-state index contributed by atoms with van der Waals surface area (Å²) in [6, 6.07) is 11.5. The molecule has 2 aliphatic carbocycles. The first-order valence-corrected chi connectivity index (χ1v) is 24.3. The number of likely N-dealkylation sites (tertiary alicyclic amines) is 2. The average molecular weight is 989 g/mol. The van der Waals surface area contributed by atoms with Gasteiger partial charge in [-0.3, -0.25) is 9.59 Å². The fourth-order valence-corrected chi connectivity index (χ4v) is 8.87. The number of hydrogen-bond acceptors (Lipinski definition) is 9. The van der Waals surface area contributed by atoms with Crippen molar-refractivity contribution in [2.75, 3.05) is 32.1 Å². The molecule has 0 aromatic heterocycles. The van der Waals surface area contributed by atoms with E-state index in [4.69, 9.17) is 26.8 Å². The number of nitrogens with two attached hydrogens (primary N) is 1. The molecule has 69 heavy (non-hydrogen) atoms. The Morgan fingerprint density at radius 2 is 1.04 bits per heavy atom. The molecule has 18 heteroatoms. The molecule has 0 atom stereocenters. The van der Waals surface area contributed by atoms with Crippen LogP contribution < -0.4 is 5.73 Å². The number of amides is 4. The average Bonchev–Trinajstić information content (AvgIpc) is 3.24. The number of carbonyl (C=O) groups excluding carboxylic acids is 4. The Balaban J connectivity index is 0.000000263. The number of ether oxygens (including phenoxy) is 2. The predicted molar refractivity (Wildman–Crippen MR) is 253 cm³/mol. The third-order valence-corrected chi connectivity index (χ3v) is 13.1. The van der Waals surface area contributed by atoms with Crippen molar-refractivity contribution in [2.24, 2.45) is 23.5 Å². The van der Waals surface area contributed by atoms with Gasteiger partial charge >= 0.3 is 12.2 Å². The normalized spacial score (nSPS) is 21.4. The molecule has 4 fully saturated rings. The van der Waals surface area contributed by atoms with E-state index in [0.29, 0.717) is 29.0 Å². The van der Waals surface area contributed by atoms with Gasteiger partial charge < -0.3 is 34.8 Å². The quantitative estimate of drug-likeness (QED) is 0.180. The van der Waals surface area contributed by atoms with E-state index in [1.807, 2.05) is 0 Å². The monoisotopic (exact) mass is 988 g/mol. The largest absolute Gasteiger partial charge is 0.444 e. The number of nitriles is 2. The first kappa shape index (κ1) is 56.5. The van der Waals surface area contributed by atoms with Crippen molar-refractivity contribution < 1.29 is 46.2 Å². The summed E-state index contributed by atoms with van der Waals surface area (Å²) in [7, 11) is 0. The molecule has 2 saturated heterocycles. The summed E-state index contributed by atoms with van der Waals surface area (Å²) in [4.78, 5) is 55.6. The van der Waals surface area contributed by atoms with Gasteiger partial charge in [-0.2, -0.15) is 10.5 Å². The number of carbonyl (C=O) groups is 4. The molecule has 380 valence electrons. The molecule has 4 aliphatic rings. The van der Waals surface area contributed by atoms with Crippen LogP contribution in [0, 0.1) is 63.7 Å². The number of benzene rings is 2. The van der Waals surface area contributed by atoms with E-state index in [-0.39, 0.29) is 57.5 Å². The maximum absolute atomic E-state index is 13.8. The number of hydrogen-bond donors (Lipinski definition) is 1. The van der Waals surface area contributed by atoms with Crippen molar-refractivity contribution in [1.82, 2.24) is 19.6 Å². The third kappa shape index (κ3) is 16.2. The van der Waals surface area contributed by atoms with Crippen molar-refractivity contribution in [3.05, 3.63) is 70.8 Å². The molecule has 0 radical (unpaired) electrons. The highest BCUT2D eigenvalue weighted by Gasteiger charge is 2.54. The first-order chi connectivity index (χ1) is 32.2. The number of rotatable bonds is 10. The highest BCUT2D eigenvalue weighted by Crippen LogP contribution is 2.35. The SMILES string of the molecule is CC(C)(C)OC(=O)N1CC(C#N)(N(Cc2ccc(F)c(F)c2)C(=O)CCl)C1.CC1CCC(CCC(=O)N(Cc2ccc(F)c(F)c2)C2(C#N)CN(C(=O)OC(C)(C)C)C2)CC1.CC1CCC(N)CC1. The number of nitrogens with zero attached hydrogens (tertiary/aromatic N) is 6. The minimum Gasteiger partial charge on any atom is -0.444 e. The topological polar surface area (TPSA) is 173 Å². The molecule has 2 N–H and O–H groups in total. The minimum absolute atomic E-state index is 0.00870. The highest BCUT2D eigenvalue weighted by atomic mass is 35.5. The molecule has 2 aromatic rings. The summed E-state index contributed by atoms with van der Waals surface area (Å²) in [6.45, 7) is 14.7. The highest BCUT2D eigenvalue weighted by molar-refractivity contribution is 6.27. The lowest BCUT2D eigenvalue weighted by molar-refractivity contribution is -0.143. The van der Waals surface area contributed by atoms with Gasteiger partial charge in [-0.1, -0.05) is 51.7 Å².